The fourth-order valence-electron chi connectivity index (χ4n) is 2.36. The quantitative estimate of drug-likeness (QED) is 0.734. The molecule has 1 amide bonds. The molecule has 1 heterocycles. The van der Waals surface area contributed by atoms with Gasteiger partial charge in [-0.05, 0) is 29.7 Å². The Kier molecular flexibility index (Phi) is 5.44. The van der Waals surface area contributed by atoms with Gasteiger partial charge in [0.25, 0.3) is 0 Å². The van der Waals surface area contributed by atoms with Gasteiger partial charge in [0.15, 0.2) is 0 Å². The van der Waals surface area contributed by atoms with Crippen molar-refractivity contribution in [2.45, 2.75) is 32.8 Å². The van der Waals surface area contributed by atoms with Crippen molar-refractivity contribution in [3.05, 3.63) is 30.0 Å². The van der Waals surface area contributed by atoms with Gasteiger partial charge in [0.1, 0.15) is 5.75 Å². The first-order valence-electron chi connectivity index (χ1n) is 7.64. The molecule has 22 heavy (non-hydrogen) atoms. The molecular weight excluding hydrogens is 280 g/mol. The third-order valence-electron chi connectivity index (χ3n) is 4.13. The number of aliphatic hydroxyl groups is 1. The lowest BCUT2D eigenvalue weighted by Gasteiger charge is -2.17. The van der Waals surface area contributed by atoms with Crippen LogP contribution in [-0.2, 0) is 11.2 Å². The van der Waals surface area contributed by atoms with E-state index in [9.17, 15) is 9.90 Å². The minimum atomic E-state index is -0.503. The monoisotopic (exact) mass is 304 g/mol. The van der Waals surface area contributed by atoms with Crippen LogP contribution in [0, 0.1) is 5.92 Å². The number of carbonyl (C=O) groups excluding carboxylic acids is 1. The highest BCUT2D eigenvalue weighted by Crippen LogP contribution is 2.23. The molecule has 1 aromatic carbocycles. The number of benzene rings is 1. The number of aliphatic hydroxyl groups excluding tert-OH is 1. The number of ether oxygens (including phenoxy) is 1. The summed E-state index contributed by atoms with van der Waals surface area (Å²) in [6.07, 6.45) is 2.51. The molecular formula is C17H24N2O3. The number of H-pyrrole nitrogens is 1. The Hall–Kier alpha value is -2.01. The van der Waals surface area contributed by atoms with Crippen LogP contribution in [0.1, 0.15) is 25.8 Å². The molecule has 0 fully saturated rings. The molecule has 5 nitrogen and oxygen atoms in total. The summed E-state index contributed by atoms with van der Waals surface area (Å²) in [5, 5.41) is 13.7. The maximum absolute atomic E-state index is 12.1. The Balaban J connectivity index is 2.00. The van der Waals surface area contributed by atoms with Crippen molar-refractivity contribution < 1.29 is 14.6 Å². The number of amides is 1. The Morgan fingerprint density at radius 1 is 1.45 bits per heavy atom. The molecule has 0 aliphatic heterocycles. The number of carbonyl (C=O) groups is 1. The summed E-state index contributed by atoms with van der Waals surface area (Å²) in [7, 11) is 1.62. The smallest absolute Gasteiger partial charge is 0.224 e. The average molecular weight is 304 g/mol. The summed E-state index contributed by atoms with van der Waals surface area (Å²) in [4.78, 5) is 15.2. The second-order valence-corrected chi connectivity index (χ2v) is 5.66. The van der Waals surface area contributed by atoms with E-state index in [0.717, 1.165) is 28.6 Å². The van der Waals surface area contributed by atoms with Gasteiger partial charge in [-0.2, -0.15) is 0 Å². The predicted octanol–water partition coefficient (Wildman–Crippen LogP) is 2.24. The normalized spacial score (nSPS) is 13.8. The zero-order valence-electron chi connectivity index (χ0n) is 13.3. The van der Waals surface area contributed by atoms with Crippen LogP contribution in [-0.4, -0.2) is 35.8 Å². The third-order valence-corrected chi connectivity index (χ3v) is 4.13. The highest BCUT2D eigenvalue weighted by atomic mass is 16.5. The van der Waals surface area contributed by atoms with Crippen molar-refractivity contribution in [1.82, 2.24) is 10.3 Å². The summed E-state index contributed by atoms with van der Waals surface area (Å²) in [6.45, 7) is 4.29. The molecule has 5 heteroatoms. The minimum absolute atomic E-state index is 0.0916. The zero-order valence-corrected chi connectivity index (χ0v) is 13.3. The molecule has 0 aliphatic carbocycles. The van der Waals surface area contributed by atoms with Gasteiger partial charge < -0.3 is 20.1 Å². The standard InChI is InChI=1S/C17H24N2O3/c1-4-11(2)16(20)10-19-17(21)7-12-9-18-15-6-5-13(22-3)8-14(12)15/h5-6,8-9,11,16,18,20H,4,7,10H2,1-3H3,(H,19,21). The molecule has 2 unspecified atom stereocenters. The Morgan fingerprint density at radius 3 is 2.91 bits per heavy atom. The third kappa shape index (κ3) is 3.80. The van der Waals surface area contributed by atoms with Crippen molar-refractivity contribution in [2.24, 2.45) is 5.92 Å². The Labute approximate surface area is 130 Å². The Morgan fingerprint density at radius 2 is 2.23 bits per heavy atom. The number of aromatic nitrogens is 1. The van der Waals surface area contributed by atoms with E-state index in [2.05, 4.69) is 10.3 Å². The maximum atomic E-state index is 12.1. The zero-order chi connectivity index (χ0) is 16.1. The first kappa shape index (κ1) is 16.4. The highest BCUT2D eigenvalue weighted by molar-refractivity contribution is 5.89. The maximum Gasteiger partial charge on any atom is 0.224 e. The van der Waals surface area contributed by atoms with Gasteiger partial charge in [-0.25, -0.2) is 0 Å². The fourth-order valence-corrected chi connectivity index (χ4v) is 2.36. The van der Waals surface area contributed by atoms with Crippen molar-refractivity contribution >= 4 is 16.8 Å². The molecule has 2 rings (SSSR count). The van der Waals surface area contributed by atoms with Gasteiger partial charge in [-0.15, -0.1) is 0 Å². The van der Waals surface area contributed by atoms with Crippen LogP contribution in [0.5, 0.6) is 5.75 Å². The van der Waals surface area contributed by atoms with Gasteiger partial charge in [0, 0.05) is 23.6 Å². The molecule has 2 atom stereocenters. The SMILES string of the molecule is CCC(C)C(O)CNC(=O)Cc1c[nH]c2ccc(OC)cc12. The summed E-state index contributed by atoms with van der Waals surface area (Å²) in [5.74, 6) is 0.852. The van der Waals surface area contributed by atoms with E-state index >= 15 is 0 Å². The largest absolute Gasteiger partial charge is 0.497 e. The van der Waals surface area contributed by atoms with Gasteiger partial charge in [-0.1, -0.05) is 20.3 Å². The van der Waals surface area contributed by atoms with Crippen LogP contribution >= 0.6 is 0 Å². The summed E-state index contributed by atoms with van der Waals surface area (Å²) in [6, 6.07) is 5.73. The number of hydrogen-bond acceptors (Lipinski definition) is 3. The van der Waals surface area contributed by atoms with E-state index in [-0.39, 0.29) is 18.2 Å². The molecule has 0 saturated carbocycles. The van der Waals surface area contributed by atoms with E-state index in [1.807, 2.05) is 38.2 Å². The average Bonchev–Trinajstić information content (AvgIpc) is 2.93. The topological polar surface area (TPSA) is 74.4 Å². The molecule has 1 aromatic heterocycles. The van der Waals surface area contributed by atoms with E-state index in [1.165, 1.54) is 0 Å². The number of methoxy groups -OCH3 is 1. The van der Waals surface area contributed by atoms with Crippen molar-refractivity contribution in [3.63, 3.8) is 0 Å². The van der Waals surface area contributed by atoms with Gasteiger partial charge >= 0.3 is 0 Å². The second kappa shape index (κ2) is 7.31. The van der Waals surface area contributed by atoms with Crippen LogP contribution < -0.4 is 10.1 Å². The number of nitrogens with one attached hydrogen (secondary N) is 2. The van der Waals surface area contributed by atoms with Crippen LogP contribution in [0.15, 0.2) is 24.4 Å². The van der Waals surface area contributed by atoms with Gasteiger partial charge in [-0.3, -0.25) is 4.79 Å². The first-order valence-corrected chi connectivity index (χ1v) is 7.64. The fraction of sp³-hybridized carbons (Fsp3) is 0.471. The molecule has 2 aromatic rings. The molecule has 0 spiro atoms. The highest BCUT2D eigenvalue weighted by Gasteiger charge is 2.14. The Bertz CT molecular complexity index is 636. The number of aromatic amines is 1. The van der Waals surface area contributed by atoms with Crippen molar-refractivity contribution in [3.8, 4) is 5.75 Å². The predicted molar refractivity (Wildman–Crippen MR) is 87.0 cm³/mol. The van der Waals surface area contributed by atoms with Crippen LogP contribution in [0.3, 0.4) is 0 Å². The minimum Gasteiger partial charge on any atom is -0.497 e. The lowest BCUT2D eigenvalue weighted by atomic mass is 10.0. The lowest BCUT2D eigenvalue weighted by molar-refractivity contribution is -0.121. The summed E-state index contributed by atoms with van der Waals surface area (Å²) >= 11 is 0. The summed E-state index contributed by atoms with van der Waals surface area (Å²) in [5.41, 5.74) is 1.90. The van der Waals surface area contributed by atoms with E-state index in [0.29, 0.717) is 6.54 Å². The van der Waals surface area contributed by atoms with E-state index in [4.69, 9.17) is 4.74 Å². The molecule has 0 saturated heterocycles. The molecule has 0 aliphatic rings. The van der Waals surface area contributed by atoms with E-state index < -0.39 is 6.10 Å². The number of hydrogen-bond donors (Lipinski definition) is 3. The molecule has 0 bridgehead atoms. The van der Waals surface area contributed by atoms with E-state index in [1.54, 1.807) is 7.11 Å². The molecule has 3 N–H and O–H groups in total. The first-order chi connectivity index (χ1) is 10.5. The van der Waals surface area contributed by atoms with Crippen molar-refractivity contribution in [1.29, 1.82) is 0 Å². The number of rotatable bonds is 7. The van der Waals surface area contributed by atoms with Crippen LogP contribution in [0.2, 0.25) is 0 Å². The lowest BCUT2D eigenvalue weighted by Crippen LogP contribution is -2.36. The molecule has 120 valence electrons. The summed E-state index contributed by atoms with van der Waals surface area (Å²) < 4.78 is 5.22. The van der Waals surface area contributed by atoms with Crippen LogP contribution in [0.25, 0.3) is 10.9 Å². The van der Waals surface area contributed by atoms with Crippen LogP contribution in [0.4, 0.5) is 0 Å². The second-order valence-electron chi connectivity index (χ2n) is 5.66. The molecule has 0 radical (unpaired) electrons. The van der Waals surface area contributed by atoms with Crippen molar-refractivity contribution in [2.75, 3.05) is 13.7 Å². The van der Waals surface area contributed by atoms with Gasteiger partial charge in [0.05, 0.1) is 19.6 Å². The number of fused-ring (bicyclic) bond motifs is 1. The van der Waals surface area contributed by atoms with Gasteiger partial charge in [0.2, 0.25) is 5.91 Å².